The topological polar surface area (TPSA) is 32.8 Å². The van der Waals surface area contributed by atoms with E-state index in [2.05, 4.69) is 53.4 Å². The van der Waals surface area contributed by atoms with Crippen LogP contribution in [0.4, 0.5) is 0 Å². The van der Waals surface area contributed by atoms with Crippen molar-refractivity contribution in [2.24, 2.45) is 5.92 Å². The third-order valence-electron chi connectivity index (χ3n) is 5.02. The third kappa shape index (κ3) is 4.47. The monoisotopic (exact) mass is 338 g/mol. The molecule has 2 aromatic carbocycles. The van der Waals surface area contributed by atoms with E-state index in [0.29, 0.717) is 6.04 Å². The van der Waals surface area contributed by atoms with E-state index in [-0.39, 0.29) is 11.8 Å². The number of nitrogens with zero attached hydrogens (tertiary/aromatic N) is 2. The second-order valence-electron chi connectivity index (χ2n) is 6.72. The van der Waals surface area contributed by atoms with Crippen molar-refractivity contribution >= 4 is 5.91 Å². The van der Waals surface area contributed by atoms with Gasteiger partial charge in [-0.05, 0) is 24.0 Å². The molecular weight excluding hydrogens is 312 g/mol. The van der Waals surface area contributed by atoms with E-state index in [1.165, 1.54) is 23.3 Å². The zero-order valence-electron chi connectivity index (χ0n) is 15.0. The highest BCUT2D eigenvalue weighted by Crippen LogP contribution is 2.34. The molecule has 1 saturated carbocycles. The van der Waals surface area contributed by atoms with Crippen molar-refractivity contribution in [3.63, 3.8) is 0 Å². The summed E-state index contributed by atoms with van der Waals surface area (Å²) < 4.78 is 0. The van der Waals surface area contributed by atoms with Crippen LogP contribution in [-0.4, -0.2) is 36.1 Å². The molecule has 0 aliphatic heterocycles. The SMILES string of the molecule is CON(C)C(=O)[C@H]1C[C@@H](N(Cc2ccccc2)Cc2ccccc2)C1. The fourth-order valence-electron chi connectivity index (χ4n) is 3.38. The molecule has 0 saturated heterocycles. The summed E-state index contributed by atoms with van der Waals surface area (Å²) in [6.45, 7) is 1.81. The van der Waals surface area contributed by atoms with Crippen LogP contribution in [0.3, 0.4) is 0 Å². The summed E-state index contributed by atoms with van der Waals surface area (Å²) in [5, 5.41) is 1.35. The minimum atomic E-state index is 0.0731. The van der Waals surface area contributed by atoms with Crippen molar-refractivity contribution in [1.29, 1.82) is 0 Å². The molecule has 1 aliphatic carbocycles. The Labute approximate surface area is 150 Å². The van der Waals surface area contributed by atoms with Crippen molar-refractivity contribution in [2.45, 2.75) is 32.0 Å². The van der Waals surface area contributed by atoms with Crippen LogP contribution in [0.1, 0.15) is 24.0 Å². The van der Waals surface area contributed by atoms with E-state index in [4.69, 9.17) is 4.84 Å². The van der Waals surface area contributed by atoms with Crippen LogP contribution in [0.25, 0.3) is 0 Å². The smallest absolute Gasteiger partial charge is 0.249 e. The van der Waals surface area contributed by atoms with E-state index in [1.54, 1.807) is 7.05 Å². The maximum atomic E-state index is 12.2. The van der Waals surface area contributed by atoms with Crippen LogP contribution in [-0.2, 0) is 22.7 Å². The number of hydrogen-bond donors (Lipinski definition) is 0. The molecule has 0 unspecified atom stereocenters. The lowest BCUT2D eigenvalue weighted by atomic mass is 9.78. The zero-order valence-corrected chi connectivity index (χ0v) is 15.0. The van der Waals surface area contributed by atoms with Gasteiger partial charge in [0.1, 0.15) is 0 Å². The molecule has 25 heavy (non-hydrogen) atoms. The summed E-state index contributed by atoms with van der Waals surface area (Å²) in [5.41, 5.74) is 2.62. The summed E-state index contributed by atoms with van der Waals surface area (Å²) >= 11 is 0. The summed E-state index contributed by atoms with van der Waals surface area (Å²) in [4.78, 5) is 19.7. The largest absolute Gasteiger partial charge is 0.292 e. The zero-order chi connectivity index (χ0) is 17.6. The van der Waals surface area contributed by atoms with Gasteiger partial charge in [0.15, 0.2) is 0 Å². The number of rotatable bonds is 7. The van der Waals surface area contributed by atoms with Gasteiger partial charge in [0, 0.05) is 32.1 Å². The van der Waals surface area contributed by atoms with Crippen LogP contribution in [0.15, 0.2) is 60.7 Å². The quantitative estimate of drug-likeness (QED) is 0.725. The summed E-state index contributed by atoms with van der Waals surface area (Å²) in [6.07, 6.45) is 1.79. The van der Waals surface area contributed by atoms with E-state index in [0.717, 1.165) is 25.9 Å². The minimum absolute atomic E-state index is 0.0731. The van der Waals surface area contributed by atoms with Gasteiger partial charge >= 0.3 is 0 Å². The average Bonchev–Trinajstić information content (AvgIpc) is 2.61. The van der Waals surface area contributed by atoms with Gasteiger partial charge in [-0.25, -0.2) is 5.06 Å². The summed E-state index contributed by atoms with van der Waals surface area (Å²) in [7, 11) is 3.21. The molecule has 0 radical (unpaired) electrons. The van der Waals surface area contributed by atoms with Crippen molar-refractivity contribution in [3.05, 3.63) is 71.8 Å². The van der Waals surface area contributed by atoms with Crippen LogP contribution >= 0.6 is 0 Å². The Morgan fingerprint density at radius 3 is 1.88 bits per heavy atom. The first kappa shape index (κ1) is 17.6. The van der Waals surface area contributed by atoms with Crippen molar-refractivity contribution in [1.82, 2.24) is 9.96 Å². The first-order valence-corrected chi connectivity index (χ1v) is 8.81. The van der Waals surface area contributed by atoms with E-state index in [9.17, 15) is 4.79 Å². The molecule has 0 atom stereocenters. The van der Waals surface area contributed by atoms with Gasteiger partial charge < -0.3 is 0 Å². The molecule has 132 valence electrons. The second-order valence-corrected chi connectivity index (χ2v) is 6.72. The molecule has 1 aliphatic rings. The molecule has 0 heterocycles. The lowest BCUT2D eigenvalue weighted by molar-refractivity contribution is -0.178. The first-order valence-electron chi connectivity index (χ1n) is 8.81. The first-order chi connectivity index (χ1) is 12.2. The third-order valence-corrected chi connectivity index (χ3v) is 5.02. The molecule has 4 nitrogen and oxygen atoms in total. The standard InChI is InChI=1S/C21H26N2O2/c1-22(25-2)21(24)19-13-20(14-19)23(15-17-9-5-3-6-10-17)16-18-11-7-4-8-12-18/h3-12,19-20H,13-16H2,1-2H3/t19-,20+. The lowest BCUT2D eigenvalue weighted by Crippen LogP contribution is -2.49. The summed E-state index contributed by atoms with van der Waals surface area (Å²) in [6, 6.07) is 21.5. The van der Waals surface area contributed by atoms with Gasteiger partial charge in [-0.1, -0.05) is 60.7 Å². The lowest BCUT2D eigenvalue weighted by Gasteiger charge is -2.43. The highest BCUT2D eigenvalue weighted by molar-refractivity contribution is 5.78. The Morgan fingerprint density at radius 1 is 0.960 bits per heavy atom. The second kappa shape index (κ2) is 8.28. The van der Waals surface area contributed by atoms with E-state index >= 15 is 0 Å². The van der Waals surface area contributed by atoms with Crippen LogP contribution in [0.2, 0.25) is 0 Å². The molecule has 0 N–H and O–H groups in total. The molecule has 2 aromatic rings. The van der Waals surface area contributed by atoms with E-state index < -0.39 is 0 Å². The molecule has 3 rings (SSSR count). The van der Waals surface area contributed by atoms with Crippen LogP contribution in [0, 0.1) is 5.92 Å². The Hall–Kier alpha value is -2.17. The number of carbonyl (C=O) groups excluding carboxylic acids is 1. The molecule has 1 fully saturated rings. The molecule has 1 amide bonds. The Kier molecular flexibility index (Phi) is 5.84. The molecule has 0 spiro atoms. The van der Waals surface area contributed by atoms with Crippen LogP contribution in [0.5, 0.6) is 0 Å². The Bertz CT molecular complexity index is 627. The predicted molar refractivity (Wildman–Crippen MR) is 98.4 cm³/mol. The van der Waals surface area contributed by atoms with E-state index in [1.807, 2.05) is 12.1 Å². The number of hydrogen-bond acceptors (Lipinski definition) is 3. The molecule has 4 heteroatoms. The molecule has 0 bridgehead atoms. The average molecular weight is 338 g/mol. The number of amides is 1. The van der Waals surface area contributed by atoms with Gasteiger partial charge in [-0.3, -0.25) is 14.5 Å². The number of hydroxylamine groups is 2. The van der Waals surface area contributed by atoms with Gasteiger partial charge in [0.2, 0.25) is 5.91 Å². The fourth-order valence-corrected chi connectivity index (χ4v) is 3.38. The molecule has 0 aromatic heterocycles. The Balaban J connectivity index is 1.66. The van der Waals surface area contributed by atoms with Crippen LogP contribution < -0.4 is 0 Å². The molecular formula is C21H26N2O2. The fraction of sp³-hybridized carbons (Fsp3) is 0.381. The predicted octanol–water partition coefficient (Wildman–Crippen LogP) is 3.49. The summed E-state index contributed by atoms with van der Waals surface area (Å²) in [5.74, 6) is 0.155. The normalized spacial score (nSPS) is 19.5. The maximum Gasteiger partial charge on any atom is 0.249 e. The van der Waals surface area contributed by atoms with Gasteiger partial charge in [-0.15, -0.1) is 0 Å². The number of benzene rings is 2. The van der Waals surface area contributed by atoms with Crippen molar-refractivity contribution in [2.75, 3.05) is 14.2 Å². The maximum absolute atomic E-state index is 12.2. The van der Waals surface area contributed by atoms with Gasteiger partial charge in [0.05, 0.1) is 7.11 Å². The van der Waals surface area contributed by atoms with Crippen molar-refractivity contribution in [3.8, 4) is 0 Å². The number of carbonyl (C=O) groups is 1. The van der Waals surface area contributed by atoms with Gasteiger partial charge in [-0.2, -0.15) is 0 Å². The highest BCUT2D eigenvalue weighted by atomic mass is 16.7. The minimum Gasteiger partial charge on any atom is -0.292 e. The highest BCUT2D eigenvalue weighted by Gasteiger charge is 2.39. The van der Waals surface area contributed by atoms with Crippen molar-refractivity contribution < 1.29 is 9.63 Å². The Morgan fingerprint density at radius 2 is 1.44 bits per heavy atom. The van der Waals surface area contributed by atoms with Gasteiger partial charge in [0.25, 0.3) is 0 Å².